The van der Waals surface area contributed by atoms with Crippen molar-refractivity contribution in [2.24, 2.45) is 5.92 Å². The minimum atomic E-state index is -0.153. The van der Waals surface area contributed by atoms with Gasteiger partial charge in [0.1, 0.15) is 0 Å². The molecule has 15 heavy (non-hydrogen) atoms. The molecule has 1 amide bonds. The molecular weight excluding hydrogens is 281 g/mol. The summed E-state index contributed by atoms with van der Waals surface area (Å²) >= 11 is 8.86. The molecule has 0 aliphatic rings. The Morgan fingerprint density at radius 1 is 1.67 bits per heavy atom. The Balaban J connectivity index is 2.60. The van der Waals surface area contributed by atoms with Crippen molar-refractivity contribution in [1.82, 2.24) is 5.32 Å². The van der Waals surface area contributed by atoms with E-state index in [2.05, 4.69) is 21.2 Å². The molecule has 0 radical (unpaired) electrons. The molecule has 0 spiro atoms. The average molecular weight is 295 g/mol. The number of carbonyl (C=O) groups excluding carboxylic acids is 1. The third kappa shape index (κ3) is 3.24. The van der Waals surface area contributed by atoms with E-state index in [9.17, 15) is 4.79 Å². The molecule has 0 fully saturated rings. The summed E-state index contributed by atoms with van der Waals surface area (Å²) in [4.78, 5) is 11.7. The molecule has 1 heterocycles. The van der Waals surface area contributed by atoms with E-state index < -0.39 is 0 Å². The van der Waals surface area contributed by atoms with E-state index in [0.717, 1.165) is 0 Å². The standard InChI is InChI=1S/C10H13BrClNO2/c1-6(5-12)7(2)13-10(14)8-3-4-15-9(8)11/h3-4,6-7H,5H2,1-2H3,(H,13,14). The van der Waals surface area contributed by atoms with E-state index in [1.165, 1.54) is 6.26 Å². The number of hydrogen-bond donors (Lipinski definition) is 1. The van der Waals surface area contributed by atoms with Crippen LogP contribution < -0.4 is 5.32 Å². The average Bonchev–Trinajstić information content (AvgIpc) is 2.63. The lowest BCUT2D eigenvalue weighted by atomic mass is 10.1. The fourth-order valence-electron chi connectivity index (χ4n) is 1.02. The summed E-state index contributed by atoms with van der Waals surface area (Å²) < 4.78 is 5.43. The molecule has 2 unspecified atom stereocenters. The normalized spacial score (nSPS) is 14.7. The van der Waals surface area contributed by atoms with Crippen LogP contribution in [0.3, 0.4) is 0 Å². The van der Waals surface area contributed by atoms with E-state index >= 15 is 0 Å². The van der Waals surface area contributed by atoms with Gasteiger partial charge in [0, 0.05) is 11.9 Å². The molecule has 84 valence electrons. The van der Waals surface area contributed by atoms with E-state index in [4.69, 9.17) is 16.0 Å². The van der Waals surface area contributed by atoms with Crippen molar-refractivity contribution in [2.75, 3.05) is 5.88 Å². The van der Waals surface area contributed by atoms with Crippen LogP contribution in [-0.4, -0.2) is 17.8 Å². The highest BCUT2D eigenvalue weighted by Gasteiger charge is 2.17. The number of amides is 1. The third-order valence-electron chi connectivity index (χ3n) is 2.32. The van der Waals surface area contributed by atoms with Crippen LogP contribution in [0.25, 0.3) is 0 Å². The summed E-state index contributed by atoms with van der Waals surface area (Å²) in [5, 5.41) is 2.86. The van der Waals surface area contributed by atoms with E-state index in [0.29, 0.717) is 16.1 Å². The van der Waals surface area contributed by atoms with Gasteiger partial charge in [-0.3, -0.25) is 4.79 Å². The van der Waals surface area contributed by atoms with Gasteiger partial charge in [0.2, 0.25) is 0 Å². The lowest BCUT2D eigenvalue weighted by Crippen LogP contribution is -2.37. The predicted molar refractivity (Wildman–Crippen MR) is 63.2 cm³/mol. The molecule has 3 nitrogen and oxygen atoms in total. The summed E-state index contributed by atoms with van der Waals surface area (Å²) in [5.41, 5.74) is 0.503. The van der Waals surface area contributed by atoms with Gasteiger partial charge in [0.05, 0.1) is 11.8 Å². The summed E-state index contributed by atoms with van der Waals surface area (Å²) in [6.07, 6.45) is 1.47. The first-order valence-corrected chi connectivity index (χ1v) is 5.98. The maximum atomic E-state index is 11.7. The van der Waals surface area contributed by atoms with Crippen LogP contribution in [0.15, 0.2) is 21.4 Å². The Morgan fingerprint density at radius 3 is 2.80 bits per heavy atom. The number of furan rings is 1. The summed E-state index contributed by atoms with van der Waals surface area (Å²) in [7, 11) is 0. The Morgan fingerprint density at radius 2 is 2.33 bits per heavy atom. The van der Waals surface area contributed by atoms with Crippen molar-refractivity contribution in [2.45, 2.75) is 19.9 Å². The highest BCUT2D eigenvalue weighted by atomic mass is 79.9. The van der Waals surface area contributed by atoms with Gasteiger partial charge in [-0.05, 0) is 34.8 Å². The molecule has 1 rings (SSSR count). The Kier molecular flexibility index (Phi) is 4.67. The Labute approximate surface area is 102 Å². The molecule has 5 heteroatoms. The molecule has 0 aliphatic carbocycles. The maximum Gasteiger partial charge on any atom is 0.255 e. The first-order valence-electron chi connectivity index (χ1n) is 4.66. The summed E-state index contributed by atoms with van der Waals surface area (Å²) in [5.74, 6) is 0.606. The molecular formula is C10H13BrClNO2. The fraction of sp³-hybridized carbons (Fsp3) is 0.500. The second-order valence-electron chi connectivity index (χ2n) is 3.50. The number of hydrogen-bond acceptors (Lipinski definition) is 2. The molecule has 0 aromatic carbocycles. The van der Waals surface area contributed by atoms with Crippen molar-refractivity contribution < 1.29 is 9.21 Å². The van der Waals surface area contributed by atoms with Gasteiger partial charge in [-0.15, -0.1) is 11.6 Å². The van der Waals surface area contributed by atoms with Crippen LogP contribution in [0, 0.1) is 5.92 Å². The monoisotopic (exact) mass is 293 g/mol. The fourth-order valence-corrected chi connectivity index (χ4v) is 1.70. The molecule has 0 aliphatic heterocycles. The zero-order valence-electron chi connectivity index (χ0n) is 8.59. The highest BCUT2D eigenvalue weighted by Crippen LogP contribution is 2.17. The number of alkyl halides is 1. The van der Waals surface area contributed by atoms with Crippen molar-refractivity contribution in [3.63, 3.8) is 0 Å². The first-order chi connectivity index (χ1) is 7.06. The van der Waals surface area contributed by atoms with E-state index in [1.807, 2.05) is 13.8 Å². The zero-order chi connectivity index (χ0) is 11.4. The van der Waals surface area contributed by atoms with Crippen LogP contribution in [0.2, 0.25) is 0 Å². The zero-order valence-corrected chi connectivity index (χ0v) is 10.9. The number of carbonyl (C=O) groups is 1. The van der Waals surface area contributed by atoms with E-state index in [-0.39, 0.29) is 17.9 Å². The highest BCUT2D eigenvalue weighted by molar-refractivity contribution is 9.10. The van der Waals surface area contributed by atoms with Crippen molar-refractivity contribution >= 4 is 33.4 Å². The first kappa shape index (κ1) is 12.6. The van der Waals surface area contributed by atoms with Gasteiger partial charge >= 0.3 is 0 Å². The molecule has 0 bridgehead atoms. The predicted octanol–water partition coefficient (Wildman–Crippen LogP) is 3.04. The summed E-state index contributed by atoms with van der Waals surface area (Å²) in [6, 6.07) is 1.66. The van der Waals surface area contributed by atoms with Crippen LogP contribution >= 0.6 is 27.5 Å². The Bertz CT molecular complexity index is 340. The van der Waals surface area contributed by atoms with Gasteiger partial charge in [-0.25, -0.2) is 0 Å². The Hall–Kier alpha value is -0.480. The smallest absolute Gasteiger partial charge is 0.255 e. The maximum absolute atomic E-state index is 11.7. The van der Waals surface area contributed by atoms with Crippen LogP contribution in [0.5, 0.6) is 0 Å². The lowest BCUT2D eigenvalue weighted by Gasteiger charge is -2.18. The lowest BCUT2D eigenvalue weighted by molar-refractivity contribution is 0.0929. The second-order valence-corrected chi connectivity index (χ2v) is 4.53. The minimum Gasteiger partial charge on any atom is -0.457 e. The van der Waals surface area contributed by atoms with Crippen molar-refractivity contribution in [3.05, 3.63) is 22.6 Å². The van der Waals surface area contributed by atoms with Gasteiger partial charge in [0.15, 0.2) is 4.67 Å². The molecule has 1 aromatic rings. The summed E-state index contributed by atoms with van der Waals surface area (Å²) in [6.45, 7) is 3.92. The largest absolute Gasteiger partial charge is 0.457 e. The quantitative estimate of drug-likeness (QED) is 0.867. The number of nitrogens with one attached hydrogen (secondary N) is 1. The molecule has 1 N–H and O–H groups in total. The molecule has 1 aromatic heterocycles. The van der Waals surface area contributed by atoms with Gasteiger partial charge in [-0.1, -0.05) is 6.92 Å². The van der Waals surface area contributed by atoms with Crippen molar-refractivity contribution in [3.8, 4) is 0 Å². The SMILES string of the molecule is CC(CCl)C(C)NC(=O)c1ccoc1Br. The molecule has 0 saturated carbocycles. The topological polar surface area (TPSA) is 42.2 Å². The number of halogens is 2. The van der Waals surface area contributed by atoms with Gasteiger partial charge in [0.25, 0.3) is 5.91 Å². The van der Waals surface area contributed by atoms with Crippen LogP contribution in [0.1, 0.15) is 24.2 Å². The van der Waals surface area contributed by atoms with Crippen LogP contribution in [-0.2, 0) is 0 Å². The molecule has 2 atom stereocenters. The van der Waals surface area contributed by atoms with Gasteiger partial charge in [-0.2, -0.15) is 0 Å². The number of rotatable bonds is 4. The minimum absolute atomic E-state index is 0.0387. The van der Waals surface area contributed by atoms with Crippen molar-refractivity contribution in [1.29, 1.82) is 0 Å². The van der Waals surface area contributed by atoms with Gasteiger partial charge < -0.3 is 9.73 Å². The molecule has 0 saturated heterocycles. The second kappa shape index (κ2) is 5.56. The van der Waals surface area contributed by atoms with Crippen LogP contribution in [0.4, 0.5) is 0 Å². The van der Waals surface area contributed by atoms with E-state index in [1.54, 1.807) is 6.07 Å². The third-order valence-corrected chi connectivity index (χ3v) is 3.42.